The van der Waals surface area contributed by atoms with Crippen LogP contribution in [0.15, 0.2) is 48.5 Å². The molecule has 0 aromatic heterocycles. The molecule has 0 aliphatic carbocycles. The van der Waals surface area contributed by atoms with Crippen LogP contribution in [-0.4, -0.2) is 15.0 Å². The Bertz CT molecular complexity index is 766. The Kier molecular flexibility index (Phi) is 3.96. The zero-order valence-electron chi connectivity index (χ0n) is 13.0. The summed E-state index contributed by atoms with van der Waals surface area (Å²) in [5.41, 5.74) is 3.93. The topological polar surface area (TPSA) is 37.4 Å². The third-order valence-corrected chi connectivity index (χ3v) is 5.83. The summed E-state index contributed by atoms with van der Waals surface area (Å²) in [6.45, 7) is 4.66. The molecule has 1 heterocycles. The largest absolute Gasteiger partial charge is 0.269 e. The van der Waals surface area contributed by atoms with E-state index in [1.807, 2.05) is 55.5 Å². The molecule has 0 N–H and O–H groups in total. The highest BCUT2D eigenvalue weighted by atomic mass is 32.2. The molecule has 0 saturated carbocycles. The minimum absolute atomic E-state index is 0.0499. The van der Waals surface area contributed by atoms with Crippen molar-refractivity contribution >= 4 is 15.7 Å². The molecule has 116 valence electrons. The summed E-state index contributed by atoms with van der Waals surface area (Å²) in [4.78, 5) is 0. The third kappa shape index (κ3) is 3.02. The Labute approximate surface area is 132 Å². The maximum atomic E-state index is 12.9. The highest BCUT2D eigenvalue weighted by Crippen LogP contribution is 2.32. The quantitative estimate of drug-likeness (QED) is 0.869. The number of aryl methyl sites for hydroxylation is 1. The van der Waals surface area contributed by atoms with E-state index in [2.05, 4.69) is 6.92 Å². The van der Waals surface area contributed by atoms with Crippen LogP contribution in [0.3, 0.4) is 0 Å². The van der Waals surface area contributed by atoms with Gasteiger partial charge in [-0.15, -0.1) is 0 Å². The molecule has 0 spiro atoms. The number of para-hydroxylation sites is 1. The molecule has 3 nitrogen and oxygen atoms in total. The van der Waals surface area contributed by atoms with Crippen molar-refractivity contribution in [2.45, 2.75) is 26.0 Å². The van der Waals surface area contributed by atoms with Crippen molar-refractivity contribution < 1.29 is 8.42 Å². The summed E-state index contributed by atoms with van der Waals surface area (Å²) in [7, 11) is -3.36. The fraction of sp³-hybridized carbons (Fsp3) is 0.333. The Hall–Kier alpha value is -1.81. The molecule has 0 bridgehead atoms. The smallest absolute Gasteiger partial charge is 0.239 e. The van der Waals surface area contributed by atoms with Gasteiger partial charge in [0, 0.05) is 6.54 Å². The van der Waals surface area contributed by atoms with Crippen LogP contribution in [0.4, 0.5) is 5.69 Å². The van der Waals surface area contributed by atoms with Gasteiger partial charge in [-0.3, -0.25) is 4.31 Å². The highest BCUT2D eigenvalue weighted by Gasteiger charge is 2.30. The van der Waals surface area contributed by atoms with Gasteiger partial charge in [0.25, 0.3) is 0 Å². The molecule has 0 amide bonds. The van der Waals surface area contributed by atoms with Crippen LogP contribution in [-0.2, 0) is 22.2 Å². The van der Waals surface area contributed by atoms with Crippen molar-refractivity contribution in [3.05, 3.63) is 65.2 Å². The number of nitrogens with zero attached hydrogens (tertiary/aromatic N) is 1. The van der Waals surface area contributed by atoms with E-state index >= 15 is 0 Å². The van der Waals surface area contributed by atoms with Crippen molar-refractivity contribution in [2.75, 3.05) is 10.8 Å². The lowest BCUT2D eigenvalue weighted by Gasteiger charge is -2.34. The summed E-state index contributed by atoms with van der Waals surface area (Å²) in [5.74, 6) is 0.386. The zero-order chi connectivity index (χ0) is 15.7. The molecule has 0 radical (unpaired) electrons. The predicted octanol–water partition coefficient (Wildman–Crippen LogP) is 3.52. The summed E-state index contributed by atoms with van der Waals surface area (Å²) in [6, 6.07) is 15.5. The third-order valence-electron chi connectivity index (χ3n) is 4.11. The second-order valence-electron chi connectivity index (χ2n) is 6.21. The van der Waals surface area contributed by atoms with Gasteiger partial charge in [-0.05, 0) is 36.5 Å². The lowest BCUT2D eigenvalue weighted by molar-refractivity contribution is 0.544. The zero-order valence-corrected chi connectivity index (χ0v) is 13.8. The lowest BCUT2D eigenvalue weighted by atomic mass is 9.96. The van der Waals surface area contributed by atoms with E-state index in [0.717, 1.165) is 28.8 Å². The first-order chi connectivity index (χ1) is 10.5. The molecule has 2 aromatic carbocycles. The Morgan fingerprint density at radius 1 is 1.09 bits per heavy atom. The average Bonchev–Trinajstić information content (AvgIpc) is 2.48. The van der Waals surface area contributed by atoms with E-state index < -0.39 is 10.0 Å². The fourth-order valence-electron chi connectivity index (χ4n) is 2.98. The van der Waals surface area contributed by atoms with Crippen LogP contribution in [0.2, 0.25) is 0 Å². The van der Waals surface area contributed by atoms with Crippen LogP contribution in [0.1, 0.15) is 23.6 Å². The van der Waals surface area contributed by atoms with Crippen molar-refractivity contribution in [3.8, 4) is 0 Å². The van der Waals surface area contributed by atoms with Crippen molar-refractivity contribution in [1.29, 1.82) is 0 Å². The van der Waals surface area contributed by atoms with Gasteiger partial charge in [-0.2, -0.15) is 0 Å². The summed E-state index contributed by atoms with van der Waals surface area (Å²) < 4.78 is 27.3. The molecule has 1 aliphatic rings. The highest BCUT2D eigenvalue weighted by molar-refractivity contribution is 7.92. The van der Waals surface area contributed by atoms with E-state index in [9.17, 15) is 8.42 Å². The van der Waals surface area contributed by atoms with E-state index in [1.54, 1.807) is 4.31 Å². The predicted molar refractivity (Wildman–Crippen MR) is 90.5 cm³/mol. The molecular formula is C18H21NO2S. The average molecular weight is 315 g/mol. The molecule has 0 saturated heterocycles. The number of fused-ring (bicyclic) bond motifs is 1. The van der Waals surface area contributed by atoms with Crippen molar-refractivity contribution in [1.82, 2.24) is 0 Å². The van der Waals surface area contributed by atoms with Gasteiger partial charge in [-0.25, -0.2) is 8.42 Å². The number of hydrogen-bond donors (Lipinski definition) is 0. The van der Waals surface area contributed by atoms with Crippen molar-refractivity contribution in [3.63, 3.8) is 0 Å². The van der Waals surface area contributed by atoms with E-state index in [0.29, 0.717) is 12.5 Å². The van der Waals surface area contributed by atoms with E-state index in [-0.39, 0.29) is 5.75 Å². The molecule has 1 unspecified atom stereocenters. The first-order valence-corrected chi connectivity index (χ1v) is 9.20. The number of rotatable bonds is 3. The molecule has 22 heavy (non-hydrogen) atoms. The molecule has 4 heteroatoms. The van der Waals surface area contributed by atoms with Gasteiger partial charge >= 0.3 is 0 Å². The minimum atomic E-state index is -3.36. The normalized spacial score (nSPS) is 18.1. The molecule has 3 rings (SSSR count). The Balaban J connectivity index is 1.93. The lowest BCUT2D eigenvalue weighted by Crippen LogP contribution is -2.39. The van der Waals surface area contributed by atoms with Gasteiger partial charge in [-0.1, -0.05) is 55.0 Å². The number of hydrogen-bond acceptors (Lipinski definition) is 2. The number of sulfonamides is 1. The van der Waals surface area contributed by atoms with Crippen LogP contribution < -0.4 is 4.31 Å². The van der Waals surface area contributed by atoms with Gasteiger partial charge < -0.3 is 0 Å². The van der Waals surface area contributed by atoms with Gasteiger partial charge in [0.15, 0.2) is 0 Å². The van der Waals surface area contributed by atoms with Crippen LogP contribution in [0.5, 0.6) is 0 Å². The molecule has 1 atom stereocenters. The molecule has 2 aromatic rings. The summed E-state index contributed by atoms with van der Waals surface area (Å²) >= 11 is 0. The maximum absolute atomic E-state index is 12.9. The standard InChI is InChI=1S/C18H21NO2S/c1-14-7-9-16(10-8-14)13-22(20,21)19-12-15(2)11-17-5-3-4-6-18(17)19/h3-10,15H,11-13H2,1-2H3. The van der Waals surface area contributed by atoms with Crippen LogP contribution in [0.25, 0.3) is 0 Å². The molecule has 1 aliphatic heterocycles. The van der Waals surface area contributed by atoms with Crippen LogP contribution in [0, 0.1) is 12.8 Å². The summed E-state index contributed by atoms with van der Waals surface area (Å²) in [6.07, 6.45) is 0.937. The second kappa shape index (κ2) is 5.76. The van der Waals surface area contributed by atoms with E-state index in [4.69, 9.17) is 0 Å². The van der Waals surface area contributed by atoms with Crippen molar-refractivity contribution in [2.24, 2.45) is 5.92 Å². The maximum Gasteiger partial charge on any atom is 0.239 e. The second-order valence-corrected chi connectivity index (χ2v) is 8.10. The fourth-order valence-corrected chi connectivity index (χ4v) is 4.71. The molecule has 0 fully saturated rings. The first-order valence-electron chi connectivity index (χ1n) is 7.59. The van der Waals surface area contributed by atoms with E-state index in [1.165, 1.54) is 0 Å². The number of benzene rings is 2. The van der Waals surface area contributed by atoms with Gasteiger partial charge in [0.1, 0.15) is 0 Å². The Morgan fingerprint density at radius 2 is 1.77 bits per heavy atom. The van der Waals surface area contributed by atoms with Gasteiger partial charge in [0.05, 0.1) is 11.4 Å². The Morgan fingerprint density at radius 3 is 2.50 bits per heavy atom. The van der Waals surface area contributed by atoms with Crippen LogP contribution >= 0.6 is 0 Å². The monoisotopic (exact) mass is 315 g/mol. The first kappa shape index (κ1) is 15.1. The SMILES string of the molecule is Cc1ccc(CS(=O)(=O)N2CC(C)Cc3ccccc32)cc1. The van der Waals surface area contributed by atoms with Gasteiger partial charge in [0.2, 0.25) is 10.0 Å². The number of anilines is 1. The summed E-state index contributed by atoms with van der Waals surface area (Å²) in [5, 5.41) is 0. The minimum Gasteiger partial charge on any atom is -0.269 e. The molecular weight excluding hydrogens is 294 g/mol.